The van der Waals surface area contributed by atoms with E-state index in [2.05, 4.69) is 170 Å². The van der Waals surface area contributed by atoms with Gasteiger partial charge in [-0.3, -0.25) is 0 Å². The summed E-state index contributed by atoms with van der Waals surface area (Å²) in [6.07, 6.45) is 0. The Morgan fingerprint density at radius 1 is 0.238 bits per heavy atom. The third-order valence-corrected chi connectivity index (χ3v) is 8.45. The molecular weight excluding hydrogens is 504 g/mol. The SMILES string of the molecule is c1ccc(-c2ccc(-c3c4ccccc4c(-c4ccc5ccccc5c4)c4ccccc34)c(-c3ccccc3)c2)cc1. The topological polar surface area (TPSA) is 0 Å². The molecule has 0 unspecified atom stereocenters. The van der Waals surface area contributed by atoms with Crippen molar-refractivity contribution in [1.29, 1.82) is 0 Å². The van der Waals surface area contributed by atoms with Gasteiger partial charge in [0.15, 0.2) is 0 Å². The normalized spacial score (nSPS) is 11.3. The van der Waals surface area contributed by atoms with E-state index in [9.17, 15) is 0 Å². The zero-order valence-electron chi connectivity index (χ0n) is 23.2. The molecule has 0 aliphatic heterocycles. The van der Waals surface area contributed by atoms with Gasteiger partial charge in [-0.05, 0) is 89.0 Å². The Balaban J connectivity index is 1.47. The molecule has 0 spiro atoms. The van der Waals surface area contributed by atoms with Crippen LogP contribution in [0.3, 0.4) is 0 Å². The summed E-state index contributed by atoms with van der Waals surface area (Å²) in [7, 11) is 0. The quantitative estimate of drug-likeness (QED) is 0.198. The monoisotopic (exact) mass is 532 g/mol. The lowest BCUT2D eigenvalue weighted by molar-refractivity contribution is 1.58. The summed E-state index contributed by atoms with van der Waals surface area (Å²) in [5.74, 6) is 0. The highest BCUT2D eigenvalue weighted by Gasteiger charge is 2.19. The van der Waals surface area contributed by atoms with Gasteiger partial charge in [-0.15, -0.1) is 0 Å². The molecule has 0 fully saturated rings. The van der Waals surface area contributed by atoms with Gasteiger partial charge in [0.1, 0.15) is 0 Å². The van der Waals surface area contributed by atoms with Gasteiger partial charge in [-0.2, -0.15) is 0 Å². The van der Waals surface area contributed by atoms with Crippen molar-refractivity contribution < 1.29 is 0 Å². The molecule has 0 saturated carbocycles. The minimum absolute atomic E-state index is 1.22. The van der Waals surface area contributed by atoms with Crippen LogP contribution in [0.1, 0.15) is 0 Å². The second-order valence-electron chi connectivity index (χ2n) is 10.9. The molecule has 0 radical (unpaired) electrons. The van der Waals surface area contributed by atoms with E-state index in [1.165, 1.54) is 76.8 Å². The van der Waals surface area contributed by atoms with E-state index in [4.69, 9.17) is 0 Å². The molecule has 0 heterocycles. The maximum absolute atomic E-state index is 2.36. The predicted molar refractivity (Wildman–Crippen MR) is 181 cm³/mol. The summed E-state index contributed by atoms with van der Waals surface area (Å²) < 4.78 is 0. The zero-order chi connectivity index (χ0) is 27.9. The van der Waals surface area contributed by atoms with E-state index in [0.29, 0.717) is 0 Å². The van der Waals surface area contributed by atoms with E-state index in [-0.39, 0.29) is 0 Å². The number of hydrogen-bond acceptors (Lipinski definition) is 0. The van der Waals surface area contributed by atoms with Crippen molar-refractivity contribution in [3.8, 4) is 44.5 Å². The molecular formula is C42H28. The van der Waals surface area contributed by atoms with Crippen molar-refractivity contribution in [3.63, 3.8) is 0 Å². The Morgan fingerprint density at radius 3 is 1.38 bits per heavy atom. The standard InChI is InChI=1S/C42H28/c1-3-13-29(14-4-1)33-25-26-39(40(28-33)31-16-5-2-6-17-31)42-37-21-11-9-19-35(37)41(36-20-10-12-22-38(36)42)34-24-23-30-15-7-8-18-32(30)27-34/h1-28H. The van der Waals surface area contributed by atoms with Gasteiger partial charge >= 0.3 is 0 Å². The highest BCUT2D eigenvalue weighted by Crippen LogP contribution is 2.47. The second kappa shape index (κ2) is 10.2. The van der Waals surface area contributed by atoms with Crippen LogP contribution < -0.4 is 0 Å². The molecule has 0 N–H and O–H groups in total. The van der Waals surface area contributed by atoms with Crippen molar-refractivity contribution in [1.82, 2.24) is 0 Å². The van der Waals surface area contributed by atoms with Crippen molar-refractivity contribution in [2.75, 3.05) is 0 Å². The summed E-state index contributed by atoms with van der Waals surface area (Å²) in [6, 6.07) is 61.8. The number of benzene rings is 8. The molecule has 0 heteroatoms. The van der Waals surface area contributed by atoms with Gasteiger partial charge in [0, 0.05) is 0 Å². The molecule has 0 saturated heterocycles. The van der Waals surface area contributed by atoms with Crippen molar-refractivity contribution in [3.05, 3.63) is 170 Å². The lowest BCUT2D eigenvalue weighted by Gasteiger charge is -2.20. The van der Waals surface area contributed by atoms with Gasteiger partial charge in [-0.1, -0.05) is 158 Å². The molecule has 8 rings (SSSR count). The van der Waals surface area contributed by atoms with Gasteiger partial charge < -0.3 is 0 Å². The largest absolute Gasteiger partial charge is 0.0622 e. The fourth-order valence-corrected chi connectivity index (χ4v) is 6.50. The summed E-state index contributed by atoms with van der Waals surface area (Å²) in [5, 5.41) is 7.60. The van der Waals surface area contributed by atoms with Crippen LogP contribution in [0.15, 0.2) is 170 Å². The van der Waals surface area contributed by atoms with E-state index in [0.717, 1.165) is 0 Å². The molecule has 0 bridgehead atoms. The molecule has 0 aliphatic rings. The van der Waals surface area contributed by atoms with E-state index in [1.54, 1.807) is 0 Å². The molecule has 8 aromatic carbocycles. The predicted octanol–water partition coefficient (Wildman–Crippen LogP) is 11.8. The highest BCUT2D eigenvalue weighted by atomic mass is 14.2. The van der Waals surface area contributed by atoms with Gasteiger partial charge in [0.05, 0.1) is 0 Å². The van der Waals surface area contributed by atoms with Crippen LogP contribution in [0.4, 0.5) is 0 Å². The second-order valence-corrected chi connectivity index (χ2v) is 10.9. The highest BCUT2D eigenvalue weighted by molar-refractivity contribution is 6.22. The number of rotatable bonds is 4. The van der Waals surface area contributed by atoms with Gasteiger partial charge in [0.2, 0.25) is 0 Å². The molecule has 0 nitrogen and oxygen atoms in total. The fraction of sp³-hybridized carbons (Fsp3) is 0. The van der Waals surface area contributed by atoms with Gasteiger partial charge in [-0.25, -0.2) is 0 Å². The molecule has 196 valence electrons. The Hall–Kier alpha value is -5.46. The fourth-order valence-electron chi connectivity index (χ4n) is 6.50. The lowest BCUT2D eigenvalue weighted by Crippen LogP contribution is -1.93. The van der Waals surface area contributed by atoms with Crippen molar-refractivity contribution in [2.24, 2.45) is 0 Å². The third kappa shape index (κ3) is 4.08. The Labute approximate surface area is 246 Å². The Kier molecular flexibility index (Phi) is 5.90. The van der Waals surface area contributed by atoms with Crippen LogP contribution in [-0.2, 0) is 0 Å². The summed E-state index contributed by atoms with van der Waals surface area (Å²) in [5.41, 5.74) is 9.97. The molecule has 8 aromatic rings. The molecule has 0 atom stereocenters. The molecule has 42 heavy (non-hydrogen) atoms. The average molecular weight is 533 g/mol. The third-order valence-electron chi connectivity index (χ3n) is 8.45. The van der Waals surface area contributed by atoms with Crippen LogP contribution in [0.25, 0.3) is 76.8 Å². The smallest absolute Gasteiger partial charge is 0.00201 e. The first-order valence-corrected chi connectivity index (χ1v) is 14.5. The van der Waals surface area contributed by atoms with Crippen molar-refractivity contribution >= 4 is 32.3 Å². The van der Waals surface area contributed by atoms with Crippen molar-refractivity contribution in [2.45, 2.75) is 0 Å². The summed E-state index contributed by atoms with van der Waals surface area (Å²) in [4.78, 5) is 0. The molecule has 0 aliphatic carbocycles. The number of hydrogen-bond donors (Lipinski definition) is 0. The maximum Gasteiger partial charge on any atom is -0.00201 e. The van der Waals surface area contributed by atoms with Crippen LogP contribution >= 0.6 is 0 Å². The summed E-state index contributed by atoms with van der Waals surface area (Å²) in [6.45, 7) is 0. The van der Waals surface area contributed by atoms with Crippen LogP contribution in [0.5, 0.6) is 0 Å². The first kappa shape index (κ1) is 24.3. The van der Waals surface area contributed by atoms with Crippen LogP contribution in [0.2, 0.25) is 0 Å². The minimum atomic E-state index is 1.22. The van der Waals surface area contributed by atoms with Crippen LogP contribution in [-0.4, -0.2) is 0 Å². The first-order valence-electron chi connectivity index (χ1n) is 14.5. The number of fused-ring (bicyclic) bond motifs is 3. The minimum Gasteiger partial charge on any atom is -0.0622 e. The van der Waals surface area contributed by atoms with E-state index in [1.807, 2.05) is 0 Å². The summed E-state index contributed by atoms with van der Waals surface area (Å²) >= 11 is 0. The Bertz CT molecular complexity index is 2170. The average Bonchev–Trinajstić information content (AvgIpc) is 3.07. The molecule has 0 aromatic heterocycles. The maximum atomic E-state index is 2.36. The van der Waals surface area contributed by atoms with Crippen LogP contribution in [0, 0.1) is 0 Å². The van der Waals surface area contributed by atoms with Gasteiger partial charge in [0.25, 0.3) is 0 Å². The molecule has 0 amide bonds. The Morgan fingerprint density at radius 2 is 0.738 bits per heavy atom. The first-order chi connectivity index (χ1) is 20.8. The van der Waals surface area contributed by atoms with E-state index >= 15 is 0 Å². The lowest BCUT2D eigenvalue weighted by atomic mass is 9.83. The zero-order valence-corrected chi connectivity index (χ0v) is 23.2. The van der Waals surface area contributed by atoms with E-state index < -0.39 is 0 Å².